The Kier molecular flexibility index (Phi) is 9.49. The molecule has 38 heavy (non-hydrogen) atoms. The van der Waals surface area contributed by atoms with Gasteiger partial charge in [-0.3, -0.25) is 14.5 Å². The Hall–Kier alpha value is -3.27. The van der Waals surface area contributed by atoms with E-state index in [1.54, 1.807) is 29.1 Å². The van der Waals surface area contributed by atoms with E-state index in [1.165, 1.54) is 0 Å². The summed E-state index contributed by atoms with van der Waals surface area (Å²) in [5.41, 5.74) is 2.15. The molecule has 0 radical (unpaired) electrons. The van der Waals surface area contributed by atoms with Crippen LogP contribution in [0.25, 0.3) is 12.2 Å². The number of amides is 2. The Bertz CT molecular complexity index is 1120. The molecule has 1 saturated heterocycles. The lowest BCUT2D eigenvalue weighted by molar-refractivity contribution is -0.133. The minimum Gasteiger partial charge on any atom is -0.472 e. The van der Waals surface area contributed by atoms with Gasteiger partial charge >= 0.3 is 0 Å². The van der Waals surface area contributed by atoms with Crippen LogP contribution in [0.4, 0.5) is 0 Å². The lowest BCUT2D eigenvalue weighted by atomic mass is 9.99. The summed E-state index contributed by atoms with van der Waals surface area (Å²) in [4.78, 5) is 36.6. The molecule has 9 nitrogen and oxygen atoms in total. The molecule has 3 heterocycles. The Morgan fingerprint density at radius 2 is 1.92 bits per heavy atom. The first-order chi connectivity index (χ1) is 18.4. The number of aliphatic hydroxyl groups is 1. The van der Waals surface area contributed by atoms with Gasteiger partial charge in [-0.05, 0) is 24.1 Å². The van der Waals surface area contributed by atoms with Crippen molar-refractivity contribution in [2.75, 3.05) is 59.6 Å². The molecule has 1 aromatic heterocycles. The summed E-state index contributed by atoms with van der Waals surface area (Å²) in [6, 6.07) is 11.3. The van der Waals surface area contributed by atoms with Gasteiger partial charge in [-0.15, -0.1) is 0 Å². The number of rotatable bonds is 8. The molecule has 2 aliphatic rings. The van der Waals surface area contributed by atoms with Gasteiger partial charge in [0.1, 0.15) is 11.7 Å². The highest BCUT2D eigenvalue weighted by Gasteiger charge is 2.34. The highest BCUT2D eigenvalue weighted by molar-refractivity contribution is 5.97. The second-order valence-corrected chi connectivity index (χ2v) is 10.2. The van der Waals surface area contributed by atoms with E-state index in [-0.39, 0.29) is 42.4 Å². The summed E-state index contributed by atoms with van der Waals surface area (Å²) in [6.45, 7) is 7.50. The van der Waals surface area contributed by atoms with E-state index in [2.05, 4.69) is 9.88 Å². The molecule has 0 saturated carbocycles. The zero-order valence-corrected chi connectivity index (χ0v) is 22.5. The number of aromatic nitrogens is 1. The fraction of sp³-hybridized carbons (Fsp3) is 0.483. The molecule has 9 heteroatoms. The van der Waals surface area contributed by atoms with Gasteiger partial charge in [0, 0.05) is 38.8 Å². The molecular weight excluding hydrogens is 484 g/mol. The zero-order chi connectivity index (χ0) is 27.1. The summed E-state index contributed by atoms with van der Waals surface area (Å²) in [7, 11) is 1.78. The van der Waals surface area contributed by atoms with Crippen molar-refractivity contribution in [3.63, 3.8) is 0 Å². The molecule has 0 bridgehead atoms. The van der Waals surface area contributed by atoms with Gasteiger partial charge in [-0.1, -0.05) is 49.4 Å². The van der Waals surface area contributed by atoms with Gasteiger partial charge in [0.15, 0.2) is 0 Å². The summed E-state index contributed by atoms with van der Waals surface area (Å²) in [6.07, 6.45) is 5.17. The van der Waals surface area contributed by atoms with Crippen molar-refractivity contribution in [2.45, 2.75) is 26.0 Å². The largest absolute Gasteiger partial charge is 0.472 e. The third-order valence-electron chi connectivity index (χ3n) is 7.15. The van der Waals surface area contributed by atoms with E-state index >= 15 is 0 Å². The lowest BCUT2D eigenvalue weighted by Crippen LogP contribution is -2.51. The number of hydrogen-bond donors (Lipinski definition) is 1. The molecule has 1 fully saturated rings. The minimum atomic E-state index is -0.382. The van der Waals surface area contributed by atoms with Crippen molar-refractivity contribution in [1.29, 1.82) is 0 Å². The molecule has 2 aliphatic heterocycles. The molecule has 1 aromatic carbocycles. The third-order valence-corrected chi connectivity index (χ3v) is 7.15. The highest BCUT2D eigenvalue weighted by atomic mass is 16.5. The van der Waals surface area contributed by atoms with E-state index in [4.69, 9.17) is 9.47 Å². The first-order valence-electron chi connectivity index (χ1n) is 13.2. The van der Waals surface area contributed by atoms with Crippen molar-refractivity contribution in [1.82, 2.24) is 19.7 Å². The number of ether oxygens (including phenoxy) is 2. The molecular formula is C29H38N4O5. The topological polar surface area (TPSA) is 95.4 Å². The molecule has 204 valence electrons. The predicted octanol–water partition coefficient (Wildman–Crippen LogP) is 2.26. The number of fused-ring (bicyclic) bond motifs is 1. The Balaban J connectivity index is 1.56. The molecule has 1 N–H and O–H groups in total. The van der Waals surface area contributed by atoms with Crippen LogP contribution in [0.3, 0.4) is 0 Å². The monoisotopic (exact) mass is 522 g/mol. The van der Waals surface area contributed by atoms with Gasteiger partial charge in [0.25, 0.3) is 5.91 Å². The smallest absolute Gasteiger partial charge is 0.259 e. The van der Waals surface area contributed by atoms with E-state index in [9.17, 15) is 14.7 Å². The maximum Gasteiger partial charge on any atom is 0.259 e. The van der Waals surface area contributed by atoms with E-state index < -0.39 is 0 Å². The molecule has 3 atom stereocenters. The normalized spacial score (nSPS) is 21.4. The quantitative estimate of drug-likeness (QED) is 0.568. The lowest BCUT2D eigenvalue weighted by Gasteiger charge is -2.38. The van der Waals surface area contributed by atoms with Crippen molar-refractivity contribution in [2.24, 2.45) is 5.92 Å². The Labute approximate surface area is 224 Å². The van der Waals surface area contributed by atoms with Gasteiger partial charge in [0.05, 0.1) is 39.0 Å². The van der Waals surface area contributed by atoms with Crippen molar-refractivity contribution in [3.8, 4) is 5.88 Å². The van der Waals surface area contributed by atoms with Crippen LogP contribution in [0.1, 0.15) is 35.3 Å². The van der Waals surface area contributed by atoms with E-state index in [1.807, 2.05) is 56.3 Å². The summed E-state index contributed by atoms with van der Waals surface area (Å²) < 4.78 is 11.7. The van der Waals surface area contributed by atoms with Gasteiger partial charge in [-0.25, -0.2) is 4.98 Å². The van der Waals surface area contributed by atoms with Gasteiger partial charge in [0.2, 0.25) is 11.8 Å². The summed E-state index contributed by atoms with van der Waals surface area (Å²) >= 11 is 0. The van der Waals surface area contributed by atoms with Crippen LogP contribution in [-0.2, 0) is 9.53 Å². The van der Waals surface area contributed by atoms with Crippen LogP contribution in [0.5, 0.6) is 5.88 Å². The van der Waals surface area contributed by atoms with E-state index in [0.29, 0.717) is 38.4 Å². The minimum absolute atomic E-state index is 0.0102. The highest BCUT2D eigenvalue weighted by Crippen LogP contribution is 2.28. The molecule has 0 aliphatic carbocycles. The maximum absolute atomic E-state index is 13.6. The van der Waals surface area contributed by atoms with Crippen LogP contribution >= 0.6 is 0 Å². The molecule has 2 amide bonds. The number of benzene rings is 1. The number of aliphatic hydroxyl groups excluding tert-OH is 1. The number of carbonyl (C=O) groups is 2. The molecule has 0 spiro atoms. The second kappa shape index (κ2) is 13.0. The fourth-order valence-corrected chi connectivity index (χ4v) is 4.63. The van der Waals surface area contributed by atoms with Crippen LogP contribution in [0.2, 0.25) is 0 Å². The number of pyridine rings is 1. The molecule has 0 unspecified atom stereocenters. The standard InChI is InChI=1S/C29H38N4O5/c1-21-17-33(22(2)20-34)29(36)25-15-24(10-9-23-7-5-4-6-8-23)16-30-28(25)38-26(21)18-31(3)27(35)19-32-11-13-37-14-12-32/h4-10,15-16,21-22,26,34H,11-14,17-20H2,1-3H3/b10-9+/t21-,22+,26+/m0/s1. The van der Waals surface area contributed by atoms with Crippen LogP contribution in [-0.4, -0.2) is 108 Å². The average molecular weight is 523 g/mol. The van der Waals surface area contributed by atoms with Crippen molar-refractivity contribution >= 4 is 24.0 Å². The van der Waals surface area contributed by atoms with Crippen LogP contribution < -0.4 is 4.74 Å². The van der Waals surface area contributed by atoms with Crippen LogP contribution in [0, 0.1) is 5.92 Å². The van der Waals surface area contributed by atoms with Crippen molar-refractivity contribution in [3.05, 3.63) is 59.3 Å². The first kappa shape index (κ1) is 27.8. The maximum atomic E-state index is 13.6. The zero-order valence-electron chi connectivity index (χ0n) is 22.5. The molecule has 2 aromatic rings. The number of likely N-dealkylation sites (N-methyl/N-ethyl adjacent to an activating group) is 1. The van der Waals surface area contributed by atoms with Gasteiger partial charge < -0.3 is 24.4 Å². The third kappa shape index (κ3) is 6.98. The fourth-order valence-electron chi connectivity index (χ4n) is 4.63. The number of hydrogen-bond acceptors (Lipinski definition) is 7. The Morgan fingerprint density at radius 1 is 1.21 bits per heavy atom. The Morgan fingerprint density at radius 3 is 2.63 bits per heavy atom. The number of morpholine rings is 1. The van der Waals surface area contributed by atoms with Crippen LogP contribution in [0.15, 0.2) is 42.6 Å². The summed E-state index contributed by atoms with van der Waals surface area (Å²) in [5.74, 6) is -0.0752. The SMILES string of the molecule is C[C@H](CO)N1C[C@H](C)[C@@H](CN(C)C(=O)CN2CCOCC2)Oc2ncc(/C=C/c3ccccc3)cc2C1=O. The second-order valence-electron chi connectivity index (χ2n) is 10.2. The number of carbonyl (C=O) groups excluding carboxylic acids is 2. The average Bonchev–Trinajstić information content (AvgIpc) is 2.94. The summed E-state index contributed by atoms with van der Waals surface area (Å²) in [5, 5.41) is 9.89. The molecule has 4 rings (SSSR count). The predicted molar refractivity (Wildman–Crippen MR) is 146 cm³/mol. The first-order valence-corrected chi connectivity index (χ1v) is 13.2. The van der Waals surface area contributed by atoms with Crippen molar-refractivity contribution < 1.29 is 24.2 Å². The van der Waals surface area contributed by atoms with E-state index in [0.717, 1.165) is 24.2 Å². The number of nitrogens with zero attached hydrogens (tertiary/aromatic N) is 4. The van der Waals surface area contributed by atoms with Gasteiger partial charge in [-0.2, -0.15) is 0 Å².